The van der Waals surface area contributed by atoms with Crippen LogP contribution >= 0.6 is 34.8 Å². The highest BCUT2D eigenvalue weighted by molar-refractivity contribution is 14.1. The first-order chi connectivity index (χ1) is 4.93. The molecule has 1 N–H and O–H groups in total. The molecule has 1 aromatic rings. The van der Waals surface area contributed by atoms with Gasteiger partial charge in [-0.1, -0.05) is 11.8 Å². The third-order valence-electron chi connectivity index (χ3n) is 0.792. The quantitative estimate of drug-likeness (QED) is 0.509. The lowest BCUT2D eigenvalue weighted by atomic mass is 10.9. The van der Waals surface area contributed by atoms with Crippen LogP contribution in [0.3, 0.4) is 0 Å². The summed E-state index contributed by atoms with van der Waals surface area (Å²) in [5, 5.41) is 7.28. The van der Waals surface area contributed by atoms with Gasteiger partial charge in [0.05, 0.1) is 6.61 Å². The molecule has 10 heavy (non-hydrogen) atoms. The largest absolute Gasteiger partial charge is 0.315 e. The van der Waals surface area contributed by atoms with Crippen LogP contribution in [0, 0.1) is 0 Å². The summed E-state index contributed by atoms with van der Waals surface area (Å²) < 4.78 is 4.83. The van der Waals surface area contributed by atoms with Crippen molar-refractivity contribution in [2.75, 3.05) is 12.4 Å². The molecule has 0 saturated heterocycles. The van der Waals surface area contributed by atoms with Crippen molar-refractivity contribution in [2.45, 2.75) is 5.16 Å². The standard InChI is InChI=1S/C4H6IN3OS/c5-9-1-2-10-4-6-3-7-8-4/h3H,1-2H2,(H,6,7,8). The molecule has 4 nitrogen and oxygen atoms in total. The minimum absolute atomic E-state index is 0.728. The summed E-state index contributed by atoms with van der Waals surface area (Å²) in [4.78, 5) is 3.93. The van der Waals surface area contributed by atoms with E-state index in [4.69, 9.17) is 3.07 Å². The second kappa shape index (κ2) is 4.91. The Hall–Kier alpha value is 0.180. The molecule has 0 aliphatic heterocycles. The number of aromatic amines is 1. The average Bonchev–Trinajstić information content (AvgIpc) is 2.41. The molecule has 0 fully saturated rings. The molecular weight excluding hydrogens is 265 g/mol. The Morgan fingerprint density at radius 1 is 1.80 bits per heavy atom. The van der Waals surface area contributed by atoms with Crippen LogP contribution in [0.5, 0.6) is 0 Å². The first-order valence-electron chi connectivity index (χ1n) is 2.65. The SMILES string of the molecule is IOCCSc1ncn[nH]1. The Bertz CT molecular complexity index is 169. The van der Waals surface area contributed by atoms with Gasteiger partial charge in [0.25, 0.3) is 0 Å². The number of hydrogen-bond acceptors (Lipinski definition) is 4. The molecule has 0 amide bonds. The molecule has 0 radical (unpaired) electrons. The Kier molecular flexibility index (Phi) is 4.07. The zero-order valence-electron chi connectivity index (χ0n) is 5.08. The average molecular weight is 271 g/mol. The smallest absolute Gasteiger partial charge is 0.183 e. The van der Waals surface area contributed by atoms with E-state index < -0.39 is 0 Å². The molecule has 0 aliphatic carbocycles. The van der Waals surface area contributed by atoms with E-state index in [9.17, 15) is 0 Å². The number of hydrogen-bond donors (Lipinski definition) is 1. The molecule has 0 bridgehead atoms. The van der Waals surface area contributed by atoms with E-state index in [1.54, 1.807) is 11.8 Å². The van der Waals surface area contributed by atoms with Gasteiger partial charge in [0.2, 0.25) is 0 Å². The topological polar surface area (TPSA) is 50.8 Å². The van der Waals surface area contributed by atoms with E-state index >= 15 is 0 Å². The van der Waals surface area contributed by atoms with Crippen molar-refractivity contribution >= 4 is 34.8 Å². The van der Waals surface area contributed by atoms with Gasteiger partial charge in [-0.25, -0.2) is 4.98 Å². The Labute approximate surface area is 76.8 Å². The van der Waals surface area contributed by atoms with Crippen LogP contribution in [0.1, 0.15) is 0 Å². The molecule has 56 valence electrons. The van der Waals surface area contributed by atoms with Gasteiger partial charge in [-0.05, 0) is 0 Å². The second-order valence-electron chi connectivity index (χ2n) is 1.45. The lowest BCUT2D eigenvalue weighted by Crippen LogP contribution is -1.87. The number of H-pyrrole nitrogens is 1. The number of nitrogens with zero attached hydrogens (tertiary/aromatic N) is 2. The minimum Gasteiger partial charge on any atom is -0.315 e. The first-order valence-corrected chi connectivity index (χ1v) is 4.52. The zero-order valence-corrected chi connectivity index (χ0v) is 8.05. The van der Waals surface area contributed by atoms with Crippen LogP contribution in [0.25, 0.3) is 0 Å². The van der Waals surface area contributed by atoms with Crippen molar-refractivity contribution < 1.29 is 3.07 Å². The van der Waals surface area contributed by atoms with E-state index in [1.165, 1.54) is 6.33 Å². The summed E-state index contributed by atoms with van der Waals surface area (Å²) >= 11 is 3.46. The van der Waals surface area contributed by atoms with Gasteiger partial charge in [-0.3, -0.25) is 5.10 Å². The highest BCUT2D eigenvalue weighted by atomic mass is 127. The third kappa shape index (κ3) is 2.84. The van der Waals surface area contributed by atoms with Crippen LogP contribution in [0.2, 0.25) is 0 Å². The third-order valence-corrected chi connectivity index (χ3v) is 2.07. The monoisotopic (exact) mass is 271 g/mol. The number of halogens is 1. The van der Waals surface area contributed by atoms with Crippen LogP contribution in [-0.4, -0.2) is 27.5 Å². The maximum Gasteiger partial charge on any atom is 0.183 e. The molecule has 0 atom stereocenters. The van der Waals surface area contributed by atoms with Crippen molar-refractivity contribution in [1.82, 2.24) is 15.2 Å². The lowest BCUT2D eigenvalue weighted by molar-refractivity contribution is 0.463. The summed E-state index contributed by atoms with van der Waals surface area (Å²) in [6.07, 6.45) is 1.49. The highest BCUT2D eigenvalue weighted by Gasteiger charge is 1.94. The summed E-state index contributed by atoms with van der Waals surface area (Å²) in [5.41, 5.74) is 0. The molecule has 0 saturated carbocycles. The summed E-state index contributed by atoms with van der Waals surface area (Å²) in [5.74, 6) is 0.901. The summed E-state index contributed by atoms with van der Waals surface area (Å²) in [6, 6.07) is 0. The minimum atomic E-state index is 0.728. The molecule has 1 heterocycles. The Morgan fingerprint density at radius 3 is 3.30 bits per heavy atom. The fraction of sp³-hybridized carbons (Fsp3) is 0.500. The maximum atomic E-state index is 4.83. The van der Waals surface area contributed by atoms with Gasteiger partial charge in [0, 0.05) is 5.75 Å². The number of thioether (sulfide) groups is 1. The summed E-state index contributed by atoms with van der Waals surface area (Å²) in [7, 11) is 0. The van der Waals surface area contributed by atoms with Gasteiger partial charge in [0.15, 0.2) is 5.16 Å². The van der Waals surface area contributed by atoms with Gasteiger partial charge < -0.3 is 3.07 Å². The molecule has 1 aromatic heterocycles. The first kappa shape index (κ1) is 8.28. The predicted molar refractivity (Wildman–Crippen MR) is 47.1 cm³/mol. The number of nitrogens with one attached hydrogen (secondary N) is 1. The van der Waals surface area contributed by atoms with Crippen molar-refractivity contribution in [3.63, 3.8) is 0 Å². The Balaban J connectivity index is 2.15. The summed E-state index contributed by atoms with van der Waals surface area (Å²) in [6.45, 7) is 0.728. The predicted octanol–water partition coefficient (Wildman–Crippen LogP) is 1.26. The lowest BCUT2D eigenvalue weighted by Gasteiger charge is -1.92. The Morgan fingerprint density at radius 2 is 2.70 bits per heavy atom. The van der Waals surface area contributed by atoms with Gasteiger partial charge in [-0.15, -0.1) is 0 Å². The van der Waals surface area contributed by atoms with E-state index in [1.807, 2.05) is 23.0 Å². The number of rotatable bonds is 4. The van der Waals surface area contributed by atoms with Crippen LogP contribution in [-0.2, 0) is 3.07 Å². The molecule has 1 rings (SSSR count). The molecule has 6 heteroatoms. The molecule has 0 unspecified atom stereocenters. The van der Waals surface area contributed by atoms with Crippen LogP contribution in [0.4, 0.5) is 0 Å². The normalized spacial score (nSPS) is 10.1. The fourth-order valence-electron chi connectivity index (χ4n) is 0.434. The van der Waals surface area contributed by atoms with Crippen molar-refractivity contribution in [1.29, 1.82) is 0 Å². The molecular formula is C4H6IN3OS. The van der Waals surface area contributed by atoms with Crippen LogP contribution in [0.15, 0.2) is 11.5 Å². The molecule has 0 spiro atoms. The van der Waals surface area contributed by atoms with E-state index in [0.29, 0.717) is 0 Å². The highest BCUT2D eigenvalue weighted by Crippen LogP contribution is 2.09. The van der Waals surface area contributed by atoms with Crippen LogP contribution < -0.4 is 0 Å². The van der Waals surface area contributed by atoms with Crippen molar-refractivity contribution in [3.8, 4) is 0 Å². The van der Waals surface area contributed by atoms with Crippen molar-refractivity contribution in [2.24, 2.45) is 0 Å². The van der Waals surface area contributed by atoms with E-state index in [-0.39, 0.29) is 0 Å². The zero-order chi connectivity index (χ0) is 7.23. The van der Waals surface area contributed by atoms with E-state index in [0.717, 1.165) is 17.5 Å². The van der Waals surface area contributed by atoms with Gasteiger partial charge in [0.1, 0.15) is 29.3 Å². The van der Waals surface area contributed by atoms with Gasteiger partial charge in [-0.2, -0.15) is 5.10 Å². The van der Waals surface area contributed by atoms with E-state index in [2.05, 4.69) is 15.2 Å². The molecule has 0 aromatic carbocycles. The fourth-order valence-corrected chi connectivity index (χ4v) is 1.55. The number of aromatic nitrogens is 3. The maximum absolute atomic E-state index is 4.83. The molecule has 0 aliphatic rings. The van der Waals surface area contributed by atoms with Crippen molar-refractivity contribution in [3.05, 3.63) is 6.33 Å². The second-order valence-corrected chi connectivity index (χ2v) is 3.16. The van der Waals surface area contributed by atoms with Gasteiger partial charge >= 0.3 is 0 Å².